The molecule has 1 aromatic heterocycles. The molecule has 1 aliphatic heterocycles. The number of aromatic nitrogens is 2. The van der Waals surface area contributed by atoms with Crippen LogP contribution in [-0.2, 0) is 5.41 Å². The Hall–Kier alpha value is -2.83. The Balaban J connectivity index is 1.60. The number of nitrogens with one attached hydrogen (secondary N) is 1. The predicted molar refractivity (Wildman–Crippen MR) is 108 cm³/mol. The van der Waals surface area contributed by atoms with Crippen molar-refractivity contribution < 1.29 is 14.3 Å². The lowest BCUT2D eigenvalue weighted by atomic mass is 9.87. The van der Waals surface area contributed by atoms with E-state index >= 15 is 0 Å². The molecule has 1 aromatic carbocycles. The van der Waals surface area contributed by atoms with Crippen LogP contribution in [0.2, 0.25) is 0 Å². The molecular formula is C21H28N4O3. The summed E-state index contributed by atoms with van der Waals surface area (Å²) in [5, 5.41) is 3.01. The first-order valence-corrected chi connectivity index (χ1v) is 9.54. The maximum absolute atomic E-state index is 12.8. The van der Waals surface area contributed by atoms with E-state index in [1.54, 1.807) is 30.6 Å². The Morgan fingerprint density at radius 2 is 1.96 bits per heavy atom. The van der Waals surface area contributed by atoms with Gasteiger partial charge >= 0.3 is 6.03 Å². The number of urea groups is 1. The number of amides is 2. The van der Waals surface area contributed by atoms with Crippen molar-refractivity contribution in [3.05, 3.63) is 42.4 Å². The van der Waals surface area contributed by atoms with Crippen LogP contribution in [0.3, 0.4) is 0 Å². The molecule has 1 N–H and O–H groups in total. The summed E-state index contributed by atoms with van der Waals surface area (Å²) in [6.45, 7) is 7.67. The molecule has 0 bridgehead atoms. The highest BCUT2D eigenvalue weighted by Crippen LogP contribution is 2.31. The lowest BCUT2D eigenvalue weighted by Gasteiger charge is -2.32. The molecule has 3 rings (SSSR count). The van der Waals surface area contributed by atoms with Crippen LogP contribution in [-0.4, -0.2) is 47.2 Å². The molecule has 2 aromatic rings. The van der Waals surface area contributed by atoms with Crippen molar-refractivity contribution >= 4 is 11.7 Å². The fourth-order valence-corrected chi connectivity index (χ4v) is 3.16. The molecule has 150 valence electrons. The minimum atomic E-state index is -0.123. The minimum Gasteiger partial charge on any atom is -0.495 e. The highest BCUT2D eigenvalue weighted by molar-refractivity contribution is 5.91. The van der Waals surface area contributed by atoms with Crippen LogP contribution in [0.4, 0.5) is 10.5 Å². The second-order valence-corrected chi connectivity index (χ2v) is 7.94. The number of anilines is 1. The highest BCUT2D eigenvalue weighted by atomic mass is 16.5. The zero-order chi connectivity index (χ0) is 20.1. The Morgan fingerprint density at radius 1 is 1.21 bits per heavy atom. The van der Waals surface area contributed by atoms with Gasteiger partial charge in [0.15, 0.2) is 0 Å². The van der Waals surface area contributed by atoms with Crippen LogP contribution >= 0.6 is 0 Å². The summed E-state index contributed by atoms with van der Waals surface area (Å²) in [4.78, 5) is 22.7. The number of nitrogens with zero attached hydrogens (tertiary/aromatic N) is 3. The summed E-state index contributed by atoms with van der Waals surface area (Å²) in [6, 6.07) is 5.80. The maximum atomic E-state index is 12.8. The van der Waals surface area contributed by atoms with E-state index < -0.39 is 0 Å². The second kappa shape index (κ2) is 8.46. The third kappa shape index (κ3) is 4.91. The lowest BCUT2D eigenvalue weighted by Crippen LogP contribution is -2.43. The lowest BCUT2D eigenvalue weighted by molar-refractivity contribution is 0.111. The topological polar surface area (TPSA) is 76.6 Å². The molecule has 1 aliphatic rings. The standard InChI is InChI=1S/C21H28N4O3/c1-21(2,3)15-5-6-18(27-4)17(13-15)24-20(26)25-11-7-16(8-12-25)28-19-14-22-9-10-23-19/h5-6,9-10,13-14,16H,7-8,11-12H2,1-4H3,(H,24,26). The molecule has 7 heteroatoms. The molecule has 28 heavy (non-hydrogen) atoms. The van der Waals surface area contributed by atoms with Crippen LogP contribution in [0.5, 0.6) is 11.6 Å². The van der Waals surface area contributed by atoms with Crippen molar-refractivity contribution in [1.29, 1.82) is 0 Å². The van der Waals surface area contributed by atoms with Gasteiger partial charge in [-0.15, -0.1) is 0 Å². The van der Waals surface area contributed by atoms with Gasteiger partial charge in [0.1, 0.15) is 11.9 Å². The number of ether oxygens (including phenoxy) is 2. The Kier molecular flexibility index (Phi) is 6.02. The molecule has 0 atom stereocenters. The van der Waals surface area contributed by atoms with Crippen molar-refractivity contribution in [2.75, 3.05) is 25.5 Å². The number of hydrogen-bond donors (Lipinski definition) is 1. The van der Waals surface area contributed by atoms with E-state index in [2.05, 4.69) is 36.1 Å². The van der Waals surface area contributed by atoms with Gasteiger partial charge in [0.05, 0.1) is 19.0 Å². The summed E-state index contributed by atoms with van der Waals surface area (Å²) in [7, 11) is 1.61. The van der Waals surface area contributed by atoms with Crippen LogP contribution in [0, 0.1) is 0 Å². The van der Waals surface area contributed by atoms with Gasteiger partial charge in [0.25, 0.3) is 0 Å². The molecule has 0 unspecified atom stereocenters. The van der Waals surface area contributed by atoms with E-state index in [-0.39, 0.29) is 17.6 Å². The number of methoxy groups -OCH3 is 1. The van der Waals surface area contributed by atoms with Gasteiger partial charge in [-0.05, 0) is 23.1 Å². The van der Waals surface area contributed by atoms with E-state index in [9.17, 15) is 4.79 Å². The average molecular weight is 384 g/mol. The van der Waals surface area contributed by atoms with Crippen LogP contribution in [0.25, 0.3) is 0 Å². The molecule has 2 amide bonds. The summed E-state index contributed by atoms with van der Waals surface area (Å²) < 4.78 is 11.3. The Labute approximate surface area is 166 Å². The third-order valence-corrected chi connectivity index (χ3v) is 4.86. The average Bonchev–Trinajstić information content (AvgIpc) is 2.68. The van der Waals surface area contributed by atoms with Crippen LogP contribution in [0.1, 0.15) is 39.2 Å². The third-order valence-electron chi connectivity index (χ3n) is 4.86. The van der Waals surface area contributed by atoms with Crippen molar-refractivity contribution in [2.24, 2.45) is 0 Å². The Bertz CT molecular complexity index is 797. The molecule has 2 heterocycles. The summed E-state index contributed by atoms with van der Waals surface area (Å²) >= 11 is 0. The summed E-state index contributed by atoms with van der Waals surface area (Å²) in [6.07, 6.45) is 6.37. The fourth-order valence-electron chi connectivity index (χ4n) is 3.16. The first-order valence-electron chi connectivity index (χ1n) is 9.54. The van der Waals surface area contributed by atoms with Gasteiger partial charge in [0, 0.05) is 38.3 Å². The number of carbonyl (C=O) groups excluding carboxylic acids is 1. The number of benzene rings is 1. The first kappa shape index (κ1) is 19.9. The predicted octanol–water partition coefficient (Wildman–Crippen LogP) is 3.86. The zero-order valence-electron chi connectivity index (χ0n) is 16.9. The molecule has 0 saturated carbocycles. The fraction of sp³-hybridized carbons (Fsp3) is 0.476. The molecule has 0 aliphatic carbocycles. The highest BCUT2D eigenvalue weighted by Gasteiger charge is 2.25. The number of piperidine rings is 1. The van der Waals surface area contributed by atoms with Crippen LogP contribution in [0.15, 0.2) is 36.8 Å². The molecule has 1 fully saturated rings. The Morgan fingerprint density at radius 3 is 2.57 bits per heavy atom. The summed E-state index contributed by atoms with van der Waals surface area (Å²) in [5.41, 5.74) is 1.82. The minimum absolute atomic E-state index is 0.0121. The van der Waals surface area contributed by atoms with E-state index in [0.717, 1.165) is 18.4 Å². The number of likely N-dealkylation sites (tertiary alicyclic amines) is 1. The largest absolute Gasteiger partial charge is 0.495 e. The normalized spacial score (nSPS) is 15.2. The van der Waals surface area contributed by atoms with Gasteiger partial charge in [0.2, 0.25) is 5.88 Å². The molecule has 0 radical (unpaired) electrons. The molecule has 7 nitrogen and oxygen atoms in total. The number of hydrogen-bond acceptors (Lipinski definition) is 5. The van der Waals surface area contributed by atoms with Crippen molar-refractivity contribution in [3.63, 3.8) is 0 Å². The second-order valence-electron chi connectivity index (χ2n) is 7.94. The maximum Gasteiger partial charge on any atom is 0.321 e. The summed E-state index contributed by atoms with van der Waals surface area (Å²) in [5.74, 6) is 1.18. The molecule has 0 spiro atoms. The van der Waals surface area contributed by atoms with E-state index in [4.69, 9.17) is 9.47 Å². The van der Waals surface area contributed by atoms with Gasteiger partial charge in [-0.2, -0.15) is 0 Å². The first-order chi connectivity index (χ1) is 13.4. The number of carbonyl (C=O) groups is 1. The van der Waals surface area contributed by atoms with Crippen molar-refractivity contribution in [3.8, 4) is 11.6 Å². The van der Waals surface area contributed by atoms with Gasteiger partial charge in [-0.3, -0.25) is 4.98 Å². The quantitative estimate of drug-likeness (QED) is 0.866. The smallest absolute Gasteiger partial charge is 0.321 e. The van der Waals surface area contributed by atoms with Gasteiger partial charge in [-0.25, -0.2) is 9.78 Å². The SMILES string of the molecule is COc1ccc(C(C)(C)C)cc1NC(=O)N1CCC(Oc2cnccn2)CC1. The van der Waals surface area contributed by atoms with Gasteiger partial charge in [-0.1, -0.05) is 26.8 Å². The van der Waals surface area contributed by atoms with Crippen molar-refractivity contribution in [2.45, 2.75) is 45.1 Å². The monoisotopic (exact) mass is 384 g/mol. The molecular weight excluding hydrogens is 356 g/mol. The van der Waals surface area contributed by atoms with E-state index in [0.29, 0.717) is 30.4 Å². The van der Waals surface area contributed by atoms with E-state index in [1.807, 2.05) is 18.2 Å². The van der Waals surface area contributed by atoms with E-state index in [1.165, 1.54) is 0 Å². The number of rotatable bonds is 4. The zero-order valence-corrected chi connectivity index (χ0v) is 16.9. The molecule has 1 saturated heterocycles. The van der Waals surface area contributed by atoms with Crippen molar-refractivity contribution in [1.82, 2.24) is 14.9 Å². The van der Waals surface area contributed by atoms with Crippen LogP contribution < -0.4 is 14.8 Å². The van der Waals surface area contributed by atoms with Gasteiger partial charge < -0.3 is 19.7 Å².